The van der Waals surface area contributed by atoms with Crippen LogP contribution in [0.2, 0.25) is 5.02 Å². The van der Waals surface area contributed by atoms with E-state index >= 15 is 0 Å². The Balaban J connectivity index is 2.65. The summed E-state index contributed by atoms with van der Waals surface area (Å²) in [5.41, 5.74) is 1.64. The minimum absolute atomic E-state index is 0.101. The first-order valence-electron chi connectivity index (χ1n) is 4.47. The maximum atomic E-state index is 11.5. The molecule has 0 bridgehead atoms. The summed E-state index contributed by atoms with van der Waals surface area (Å²) in [5, 5.41) is 0.660. The first kappa shape index (κ1) is 9.93. The summed E-state index contributed by atoms with van der Waals surface area (Å²) in [5.74, 6) is 0. The third-order valence-electron chi connectivity index (χ3n) is 2.14. The van der Waals surface area contributed by atoms with E-state index in [0.717, 1.165) is 11.3 Å². The maximum Gasteiger partial charge on any atom is 0.257 e. The van der Waals surface area contributed by atoms with Crippen molar-refractivity contribution in [3.8, 4) is 5.69 Å². The number of aryl methyl sites for hydroxylation is 1. The summed E-state index contributed by atoms with van der Waals surface area (Å²) in [4.78, 5) is 15.5. The highest BCUT2D eigenvalue weighted by atomic mass is 35.5. The predicted molar refractivity (Wildman–Crippen MR) is 59.6 cm³/mol. The van der Waals surface area contributed by atoms with Gasteiger partial charge in [0.1, 0.15) is 6.33 Å². The number of nitrogens with zero attached hydrogens (tertiary/aromatic N) is 2. The van der Waals surface area contributed by atoms with Crippen LogP contribution in [0.4, 0.5) is 0 Å². The minimum Gasteiger partial charge on any atom is -0.269 e. The quantitative estimate of drug-likeness (QED) is 0.739. The van der Waals surface area contributed by atoms with E-state index in [-0.39, 0.29) is 5.56 Å². The van der Waals surface area contributed by atoms with Gasteiger partial charge in [0.25, 0.3) is 5.56 Å². The van der Waals surface area contributed by atoms with Crippen molar-refractivity contribution in [2.45, 2.75) is 6.92 Å². The molecule has 0 saturated carbocycles. The van der Waals surface area contributed by atoms with Crippen LogP contribution in [0.5, 0.6) is 0 Å². The topological polar surface area (TPSA) is 34.9 Å². The molecule has 4 heteroatoms. The van der Waals surface area contributed by atoms with E-state index in [1.807, 2.05) is 13.0 Å². The molecule has 0 amide bonds. The van der Waals surface area contributed by atoms with Gasteiger partial charge < -0.3 is 0 Å². The van der Waals surface area contributed by atoms with Crippen LogP contribution in [-0.2, 0) is 0 Å². The van der Waals surface area contributed by atoms with Crippen LogP contribution < -0.4 is 5.56 Å². The monoisotopic (exact) mass is 220 g/mol. The highest BCUT2D eigenvalue weighted by Gasteiger charge is 2.02. The van der Waals surface area contributed by atoms with Crippen molar-refractivity contribution < 1.29 is 0 Å². The molecule has 76 valence electrons. The van der Waals surface area contributed by atoms with Crippen LogP contribution in [0.3, 0.4) is 0 Å². The Bertz CT molecular complexity index is 548. The molecule has 1 heterocycles. The summed E-state index contributed by atoms with van der Waals surface area (Å²) in [7, 11) is 0. The van der Waals surface area contributed by atoms with Gasteiger partial charge in [-0.25, -0.2) is 4.98 Å². The van der Waals surface area contributed by atoms with Crippen molar-refractivity contribution in [1.82, 2.24) is 9.55 Å². The van der Waals surface area contributed by atoms with Crippen molar-refractivity contribution in [3.05, 3.63) is 57.7 Å². The average molecular weight is 221 g/mol. The van der Waals surface area contributed by atoms with Gasteiger partial charge in [-0.05, 0) is 30.7 Å². The van der Waals surface area contributed by atoms with Gasteiger partial charge in [-0.15, -0.1) is 0 Å². The molecule has 1 aromatic heterocycles. The fourth-order valence-electron chi connectivity index (χ4n) is 1.42. The van der Waals surface area contributed by atoms with Crippen molar-refractivity contribution >= 4 is 11.6 Å². The number of hydrogen-bond acceptors (Lipinski definition) is 2. The molecule has 15 heavy (non-hydrogen) atoms. The molecule has 0 N–H and O–H groups in total. The molecule has 0 atom stereocenters. The van der Waals surface area contributed by atoms with E-state index in [4.69, 9.17) is 11.6 Å². The number of benzene rings is 1. The van der Waals surface area contributed by atoms with E-state index in [0.29, 0.717) is 5.02 Å². The summed E-state index contributed by atoms with van der Waals surface area (Å²) >= 11 is 5.84. The standard InChI is InChI=1S/C11H9ClN2O/c1-8-6-9(12)2-3-10(8)14-7-13-5-4-11(14)15/h2-7H,1H3. The van der Waals surface area contributed by atoms with Gasteiger partial charge in [0.15, 0.2) is 0 Å². The molecule has 0 spiro atoms. The Kier molecular flexibility index (Phi) is 2.56. The third kappa shape index (κ3) is 1.92. The number of halogens is 1. The molecule has 0 aliphatic carbocycles. The minimum atomic E-state index is -0.101. The van der Waals surface area contributed by atoms with Gasteiger partial charge in [-0.3, -0.25) is 9.36 Å². The zero-order chi connectivity index (χ0) is 10.8. The number of hydrogen-bond donors (Lipinski definition) is 0. The number of aromatic nitrogens is 2. The Morgan fingerprint density at radius 3 is 2.80 bits per heavy atom. The second kappa shape index (κ2) is 3.87. The molecular formula is C11H9ClN2O. The lowest BCUT2D eigenvalue weighted by molar-refractivity contribution is 0.927. The summed E-state index contributed by atoms with van der Waals surface area (Å²) < 4.78 is 1.49. The van der Waals surface area contributed by atoms with Crippen molar-refractivity contribution in [2.24, 2.45) is 0 Å². The van der Waals surface area contributed by atoms with Crippen LogP contribution in [0.1, 0.15) is 5.56 Å². The van der Waals surface area contributed by atoms with Gasteiger partial charge in [0, 0.05) is 17.3 Å². The Hall–Kier alpha value is -1.61. The van der Waals surface area contributed by atoms with E-state index in [1.54, 1.807) is 12.1 Å². The third-order valence-corrected chi connectivity index (χ3v) is 2.38. The average Bonchev–Trinajstić information content (AvgIpc) is 2.20. The SMILES string of the molecule is Cc1cc(Cl)ccc1-n1cnccc1=O. The largest absolute Gasteiger partial charge is 0.269 e. The van der Waals surface area contributed by atoms with E-state index in [9.17, 15) is 4.79 Å². The van der Waals surface area contributed by atoms with Gasteiger partial charge in [0.05, 0.1) is 5.69 Å². The van der Waals surface area contributed by atoms with Crippen molar-refractivity contribution in [3.63, 3.8) is 0 Å². The van der Waals surface area contributed by atoms with Crippen molar-refractivity contribution in [2.75, 3.05) is 0 Å². The lowest BCUT2D eigenvalue weighted by atomic mass is 10.2. The zero-order valence-corrected chi connectivity index (χ0v) is 8.90. The maximum absolute atomic E-state index is 11.5. The normalized spacial score (nSPS) is 10.3. The van der Waals surface area contributed by atoms with Crippen LogP contribution >= 0.6 is 11.6 Å². The van der Waals surface area contributed by atoms with Crippen molar-refractivity contribution in [1.29, 1.82) is 0 Å². The molecular weight excluding hydrogens is 212 g/mol. The van der Waals surface area contributed by atoms with Gasteiger partial charge in [-0.2, -0.15) is 0 Å². The molecule has 0 aliphatic heterocycles. The smallest absolute Gasteiger partial charge is 0.257 e. The lowest BCUT2D eigenvalue weighted by Gasteiger charge is -2.07. The zero-order valence-electron chi connectivity index (χ0n) is 8.14. The second-order valence-electron chi connectivity index (χ2n) is 3.22. The molecule has 2 aromatic rings. The molecule has 0 unspecified atom stereocenters. The highest BCUT2D eigenvalue weighted by molar-refractivity contribution is 6.30. The van der Waals surface area contributed by atoms with Gasteiger partial charge in [0.2, 0.25) is 0 Å². The fraction of sp³-hybridized carbons (Fsp3) is 0.0909. The molecule has 3 nitrogen and oxygen atoms in total. The van der Waals surface area contributed by atoms with Gasteiger partial charge >= 0.3 is 0 Å². The van der Waals surface area contributed by atoms with E-state index < -0.39 is 0 Å². The first-order chi connectivity index (χ1) is 7.18. The first-order valence-corrected chi connectivity index (χ1v) is 4.85. The van der Waals surface area contributed by atoms with Crippen LogP contribution in [0.25, 0.3) is 5.69 Å². The Morgan fingerprint density at radius 2 is 2.13 bits per heavy atom. The van der Waals surface area contributed by atoms with E-state index in [2.05, 4.69) is 4.98 Å². The van der Waals surface area contributed by atoms with Crippen LogP contribution in [-0.4, -0.2) is 9.55 Å². The molecule has 2 rings (SSSR count). The Labute approximate surface area is 92.0 Å². The predicted octanol–water partition coefficient (Wildman–Crippen LogP) is 2.19. The molecule has 0 aliphatic rings. The lowest BCUT2D eigenvalue weighted by Crippen LogP contribution is -2.17. The van der Waals surface area contributed by atoms with Gasteiger partial charge in [-0.1, -0.05) is 11.6 Å². The highest BCUT2D eigenvalue weighted by Crippen LogP contribution is 2.17. The van der Waals surface area contributed by atoms with Crippen LogP contribution in [0, 0.1) is 6.92 Å². The Morgan fingerprint density at radius 1 is 1.33 bits per heavy atom. The summed E-state index contributed by atoms with van der Waals surface area (Å²) in [6, 6.07) is 6.80. The second-order valence-corrected chi connectivity index (χ2v) is 3.66. The molecule has 0 saturated heterocycles. The fourth-order valence-corrected chi connectivity index (χ4v) is 1.65. The molecule has 0 fully saturated rings. The summed E-state index contributed by atoms with van der Waals surface area (Å²) in [6.07, 6.45) is 2.97. The molecule has 0 radical (unpaired) electrons. The van der Waals surface area contributed by atoms with Crippen LogP contribution in [0.15, 0.2) is 41.6 Å². The van der Waals surface area contributed by atoms with E-state index in [1.165, 1.54) is 23.2 Å². The summed E-state index contributed by atoms with van der Waals surface area (Å²) in [6.45, 7) is 1.90. The number of rotatable bonds is 1. The molecule has 1 aromatic carbocycles.